The highest BCUT2D eigenvalue weighted by atomic mass is 16.4. The maximum atomic E-state index is 11.6. The van der Waals surface area contributed by atoms with E-state index in [0.29, 0.717) is 0 Å². The van der Waals surface area contributed by atoms with Crippen LogP contribution >= 0.6 is 0 Å². The zero-order valence-electron chi connectivity index (χ0n) is 9.24. The fourth-order valence-corrected chi connectivity index (χ4v) is 1.19. The summed E-state index contributed by atoms with van der Waals surface area (Å²) in [5.41, 5.74) is 0.159. The summed E-state index contributed by atoms with van der Waals surface area (Å²) in [5.74, 6) is -3.05. The van der Waals surface area contributed by atoms with Crippen LogP contribution in [0.5, 0.6) is 0 Å². The van der Waals surface area contributed by atoms with E-state index in [1.807, 2.05) is 0 Å². The molecule has 0 saturated carbocycles. The van der Waals surface area contributed by atoms with Crippen molar-refractivity contribution in [3.05, 3.63) is 24.0 Å². The zero-order valence-corrected chi connectivity index (χ0v) is 9.24. The summed E-state index contributed by atoms with van der Waals surface area (Å²) in [5, 5.41) is 26.5. The molecule has 8 nitrogen and oxygen atoms in total. The molecule has 1 heterocycles. The number of amides is 1. The minimum atomic E-state index is -1.29. The second-order valence-electron chi connectivity index (χ2n) is 3.43. The lowest BCUT2D eigenvalue weighted by Gasteiger charge is -2.13. The van der Waals surface area contributed by atoms with Crippen LogP contribution in [-0.2, 0) is 9.59 Å². The Hall–Kier alpha value is -2.51. The van der Waals surface area contributed by atoms with Crippen molar-refractivity contribution in [1.29, 1.82) is 0 Å². The van der Waals surface area contributed by atoms with Crippen molar-refractivity contribution in [2.75, 3.05) is 0 Å². The largest absolute Gasteiger partial charge is 0.481 e. The lowest BCUT2D eigenvalue weighted by atomic mass is 10.1. The molecule has 0 bridgehead atoms. The molecular weight excluding hydrogens is 242 g/mol. The van der Waals surface area contributed by atoms with Gasteiger partial charge in [-0.3, -0.25) is 9.59 Å². The molecule has 1 rings (SSSR count). The highest BCUT2D eigenvalue weighted by Crippen LogP contribution is 2.01. The summed E-state index contributed by atoms with van der Waals surface area (Å²) >= 11 is 0. The minimum absolute atomic E-state index is 0.159. The topological polar surface area (TPSA) is 129 Å². The molecule has 1 amide bonds. The molecule has 0 aromatic carbocycles. The monoisotopic (exact) mass is 253 g/mol. The van der Waals surface area contributed by atoms with Crippen molar-refractivity contribution in [3.63, 3.8) is 0 Å². The van der Waals surface area contributed by atoms with E-state index in [4.69, 9.17) is 10.2 Å². The van der Waals surface area contributed by atoms with Gasteiger partial charge in [-0.1, -0.05) is 0 Å². The molecule has 0 aliphatic rings. The van der Waals surface area contributed by atoms with E-state index in [9.17, 15) is 14.4 Å². The summed E-state index contributed by atoms with van der Waals surface area (Å²) in [7, 11) is 0. The van der Waals surface area contributed by atoms with Crippen LogP contribution in [0.4, 0.5) is 0 Å². The number of carbonyl (C=O) groups excluding carboxylic acids is 1. The quantitative estimate of drug-likeness (QED) is 0.624. The minimum Gasteiger partial charge on any atom is -0.481 e. The first kappa shape index (κ1) is 13.6. The molecule has 0 spiro atoms. The van der Waals surface area contributed by atoms with Gasteiger partial charge in [0.15, 0.2) is 0 Å². The number of hydrogen-bond acceptors (Lipinski definition) is 5. The molecule has 0 unspecified atom stereocenters. The molecule has 0 fully saturated rings. The van der Waals surface area contributed by atoms with Gasteiger partial charge in [0, 0.05) is 6.42 Å². The maximum Gasteiger partial charge on any atom is 0.326 e. The highest BCUT2D eigenvalue weighted by molar-refractivity contribution is 5.96. The molecule has 0 aliphatic heterocycles. The van der Waals surface area contributed by atoms with Crippen LogP contribution in [0.3, 0.4) is 0 Å². The molecule has 1 aromatic rings. The summed E-state index contributed by atoms with van der Waals surface area (Å²) in [6.45, 7) is 0. The van der Waals surface area contributed by atoms with Crippen LogP contribution in [-0.4, -0.2) is 44.3 Å². The number of carboxylic acid groups (broad SMARTS) is 2. The number of aromatic nitrogens is 2. The predicted molar refractivity (Wildman–Crippen MR) is 57.8 cm³/mol. The molecule has 1 aromatic heterocycles. The van der Waals surface area contributed by atoms with Crippen molar-refractivity contribution < 1.29 is 24.6 Å². The average molecular weight is 253 g/mol. The Morgan fingerprint density at radius 3 is 2.50 bits per heavy atom. The molecule has 1 atom stereocenters. The normalized spacial score (nSPS) is 11.6. The molecule has 0 aliphatic carbocycles. The van der Waals surface area contributed by atoms with Gasteiger partial charge in [0.1, 0.15) is 6.04 Å². The molecule has 0 radical (unpaired) electrons. The van der Waals surface area contributed by atoms with E-state index in [1.165, 1.54) is 18.5 Å². The number of carbonyl (C=O) groups is 3. The third kappa shape index (κ3) is 4.16. The molecule has 0 saturated heterocycles. The third-order valence-corrected chi connectivity index (χ3v) is 2.10. The van der Waals surface area contributed by atoms with Crippen LogP contribution in [0.15, 0.2) is 18.5 Å². The SMILES string of the molecule is O=C(O)CC[C@H](NC(=O)c1ccnnc1)C(=O)O. The van der Waals surface area contributed by atoms with Crippen molar-refractivity contribution in [2.45, 2.75) is 18.9 Å². The van der Waals surface area contributed by atoms with Gasteiger partial charge in [0.2, 0.25) is 0 Å². The van der Waals surface area contributed by atoms with E-state index in [0.717, 1.165) is 0 Å². The summed E-state index contributed by atoms with van der Waals surface area (Å²) < 4.78 is 0. The molecular formula is C10H11N3O5. The van der Waals surface area contributed by atoms with Gasteiger partial charge in [-0.15, -0.1) is 0 Å². The Morgan fingerprint density at radius 1 is 1.28 bits per heavy atom. The van der Waals surface area contributed by atoms with E-state index in [1.54, 1.807) is 0 Å². The second kappa shape index (κ2) is 6.28. The maximum absolute atomic E-state index is 11.6. The predicted octanol–water partition coefficient (Wildman–Crippen LogP) is -0.476. The standard InChI is InChI=1S/C10H11N3O5/c14-8(15)2-1-7(10(17)18)13-9(16)6-3-4-11-12-5-6/h3-5,7H,1-2H2,(H,13,16)(H,14,15)(H,17,18)/t7-/m0/s1. The number of hydrogen-bond donors (Lipinski definition) is 3. The molecule has 96 valence electrons. The first-order valence-corrected chi connectivity index (χ1v) is 5.03. The summed E-state index contributed by atoms with van der Waals surface area (Å²) in [4.78, 5) is 32.8. The van der Waals surface area contributed by atoms with Gasteiger partial charge >= 0.3 is 11.9 Å². The lowest BCUT2D eigenvalue weighted by Crippen LogP contribution is -2.41. The van der Waals surface area contributed by atoms with Gasteiger partial charge in [-0.2, -0.15) is 10.2 Å². The van der Waals surface area contributed by atoms with Gasteiger partial charge < -0.3 is 15.5 Å². The smallest absolute Gasteiger partial charge is 0.326 e. The summed E-state index contributed by atoms with van der Waals surface area (Å²) in [6.07, 6.45) is 1.95. The molecule has 8 heteroatoms. The van der Waals surface area contributed by atoms with Crippen LogP contribution in [0.2, 0.25) is 0 Å². The Labute approximate surface area is 102 Å². The fraction of sp³-hybridized carbons (Fsp3) is 0.300. The van der Waals surface area contributed by atoms with E-state index in [2.05, 4.69) is 15.5 Å². The van der Waals surface area contributed by atoms with Crippen LogP contribution in [0.1, 0.15) is 23.2 Å². The van der Waals surface area contributed by atoms with Gasteiger partial charge in [0.05, 0.1) is 18.0 Å². The third-order valence-electron chi connectivity index (χ3n) is 2.10. The van der Waals surface area contributed by atoms with Crippen molar-refractivity contribution >= 4 is 17.8 Å². The van der Waals surface area contributed by atoms with Gasteiger partial charge in [-0.25, -0.2) is 4.79 Å². The number of carboxylic acids is 2. The van der Waals surface area contributed by atoms with Crippen LogP contribution in [0.25, 0.3) is 0 Å². The van der Waals surface area contributed by atoms with Gasteiger partial charge in [0.25, 0.3) is 5.91 Å². The Morgan fingerprint density at radius 2 is 2.00 bits per heavy atom. The number of aliphatic carboxylic acids is 2. The van der Waals surface area contributed by atoms with Gasteiger partial charge in [-0.05, 0) is 12.5 Å². The number of nitrogens with zero attached hydrogens (tertiary/aromatic N) is 2. The highest BCUT2D eigenvalue weighted by Gasteiger charge is 2.21. The van der Waals surface area contributed by atoms with Crippen LogP contribution in [0, 0.1) is 0 Å². The first-order valence-electron chi connectivity index (χ1n) is 5.03. The lowest BCUT2D eigenvalue weighted by molar-refractivity contribution is -0.140. The average Bonchev–Trinajstić information content (AvgIpc) is 2.34. The van der Waals surface area contributed by atoms with E-state index < -0.39 is 23.9 Å². The van der Waals surface area contributed by atoms with Crippen LogP contribution < -0.4 is 5.32 Å². The fourth-order valence-electron chi connectivity index (χ4n) is 1.19. The Balaban J connectivity index is 2.64. The van der Waals surface area contributed by atoms with E-state index in [-0.39, 0.29) is 18.4 Å². The molecule has 18 heavy (non-hydrogen) atoms. The second-order valence-corrected chi connectivity index (χ2v) is 3.43. The molecule has 3 N–H and O–H groups in total. The van der Waals surface area contributed by atoms with E-state index >= 15 is 0 Å². The summed E-state index contributed by atoms with van der Waals surface area (Å²) in [6, 6.07) is 0.125. The van der Waals surface area contributed by atoms with Crippen molar-refractivity contribution in [3.8, 4) is 0 Å². The number of rotatable bonds is 6. The Bertz CT molecular complexity index is 448. The Kier molecular flexibility index (Phi) is 4.73. The van der Waals surface area contributed by atoms with Crippen molar-refractivity contribution in [1.82, 2.24) is 15.5 Å². The van der Waals surface area contributed by atoms with Crippen molar-refractivity contribution in [2.24, 2.45) is 0 Å². The number of nitrogens with one attached hydrogen (secondary N) is 1. The zero-order chi connectivity index (χ0) is 13.5. The first-order chi connectivity index (χ1) is 8.50.